The van der Waals surface area contributed by atoms with Gasteiger partial charge >= 0.3 is 5.97 Å². The average Bonchev–Trinajstić information content (AvgIpc) is 3.69. The van der Waals surface area contributed by atoms with E-state index in [0.29, 0.717) is 46.2 Å². The third-order valence-electron chi connectivity index (χ3n) is 6.95. The Balaban J connectivity index is 1.31. The molecule has 3 aromatic carbocycles. The molecule has 0 spiro atoms. The van der Waals surface area contributed by atoms with E-state index in [1.807, 2.05) is 0 Å². The summed E-state index contributed by atoms with van der Waals surface area (Å²) in [6.45, 7) is 1.66. The average molecular weight is 516 g/mol. The molecule has 0 saturated heterocycles. The summed E-state index contributed by atoms with van der Waals surface area (Å²) in [5.74, 6) is -2.38. The second-order valence-electron chi connectivity index (χ2n) is 9.57. The van der Waals surface area contributed by atoms with E-state index in [0.717, 1.165) is 0 Å². The van der Waals surface area contributed by atoms with Gasteiger partial charge < -0.3 is 9.84 Å². The molecule has 8 heteroatoms. The van der Waals surface area contributed by atoms with E-state index in [-0.39, 0.29) is 35.7 Å². The lowest BCUT2D eigenvalue weighted by Crippen LogP contribution is -2.28. The molecule has 0 aliphatic heterocycles. The van der Waals surface area contributed by atoms with Crippen LogP contribution in [0.25, 0.3) is 10.9 Å². The maximum absolute atomic E-state index is 15.0. The maximum Gasteiger partial charge on any atom is 0.336 e. The van der Waals surface area contributed by atoms with Gasteiger partial charge in [-0.15, -0.1) is 0 Å². The third-order valence-corrected chi connectivity index (χ3v) is 6.95. The topological polar surface area (TPSA) is 93.6 Å². The van der Waals surface area contributed by atoms with Crippen molar-refractivity contribution in [1.82, 2.24) is 4.98 Å². The smallest absolute Gasteiger partial charge is 0.336 e. The van der Waals surface area contributed by atoms with Crippen LogP contribution in [-0.2, 0) is 22.4 Å². The third kappa shape index (κ3) is 4.89. The number of aromatic carboxylic acids is 1. The summed E-state index contributed by atoms with van der Waals surface area (Å²) >= 11 is 0. The van der Waals surface area contributed by atoms with Crippen molar-refractivity contribution in [2.45, 2.75) is 32.6 Å². The number of ketones is 2. The van der Waals surface area contributed by atoms with Gasteiger partial charge in [-0.3, -0.25) is 14.6 Å². The molecule has 38 heavy (non-hydrogen) atoms. The SMILES string of the molecule is Cc1cc2c(Oc3ccc(CC(=O)C4(C(=O)Cc5ccc(F)cc5)CC4)cc3F)ccnc2cc1C(=O)O. The molecule has 0 atom stereocenters. The van der Waals surface area contributed by atoms with Crippen LogP contribution in [0.15, 0.2) is 66.9 Å². The number of Topliss-reactive ketones (excluding diaryl/α,β-unsaturated/α-hetero) is 2. The largest absolute Gasteiger partial charge is 0.478 e. The van der Waals surface area contributed by atoms with Crippen molar-refractivity contribution in [1.29, 1.82) is 0 Å². The summed E-state index contributed by atoms with van der Waals surface area (Å²) in [6.07, 6.45) is 2.30. The zero-order chi connectivity index (χ0) is 27.0. The number of hydrogen-bond donors (Lipinski definition) is 1. The highest BCUT2D eigenvalue weighted by Crippen LogP contribution is 2.49. The lowest BCUT2D eigenvalue weighted by Gasteiger charge is -2.14. The number of ether oxygens (including phenoxy) is 1. The number of benzene rings is 3. The molecule has 1 saturated carbocycles. The molecule has 1 N–H and O–H groups in total. The predicted octanol–water partition coefficient (Wildman–Crippen LogP) is 6.02. The van der Waals surface area contributed by atoms with Crippen LogP contribution in [0.2, 0.25) is 0 Å². The zero-order valence-electron chi connectivity index (χ0n) is 20.5. The van der Waals surface area contributed by atoms with E-state index >= 15 is 0 Å². The summed E-state index contributed by atoms with van der Waals surface area (Å²) in [6, 6.07) is 14.4. The minimum Gasteiger partial charge on any atom is -0.478 e. The molecular weight excluding hydrogens is 492 g/mol. The Morgan fingerprint density at radius 1 is 0.895 bits per heavy atom. The van der Waals surface area contributed by atoms with Crippen LogP contribution < -0.4 is 4.74 Å². The molecule has 6 nitrogen and oxygen atoms in total. The first kappa shape index (κ1) is 25.2. The first-order valence-electron chi connectivity index (χ1n) is 12.1. The maximum atomic E-state index is 15.0. The highest BCUT2D eigenvalue weighted by atomic mass is 19.1. The second kappa shape index (κ2) is 9.78. The van der Waals surface area contributed by atoms with Crippen molar-refractivity contribution in [3.05, 3.63) is 101 Å². The van der Waals surface area contributed by atoms with Gasteiger partial charge in [-0.2, -0.15) is 0 Å². The lowest BCUT2D eigenvalue weighted by atomic mass is 9.88. The predicted molar refractivity (Wildman–Crippen MR) is 135 cm³/mol. The molecule has 0 unspecified atom stereocenters. The molecule has 1 heterocycles. The number of carboxylic acids is 1. The van der Waals surface area contributed by atoms with Gasteiger partial charge in [0, 0.05) is 24.4 Å². The molecule has 4 aromatic rings. The van der Waals surface area contributed by atoms with E-state index in [9.17, 15) is 28.3 Å². The van der Waals surface area contributed by atoms with Gasteiger partial charge in [0.2, 0.25) is 0 Å². The van der Waals surface area contributed by atoms with Crippen molar-refractivity contribution >= 4 is 28.4 Å². The number of hydrogen-bond acceptors (Lipinski definition) is 5. The number of aryl methyl sites for hydroxylation is 1. The van der Waals surface area contributed by atoms with Gasteiger partial charge in [-0.05, 0) is 78.9 Å². The molecule has 1 aromatic heterocycles. The van der Waals surface area contributed by atoms with Crippen LogP contribution in [-0.4, -0.2) is 27.6 Å². The van der Waals surface area contributed by atoms with E-state index in [1.54, 1.807) is 25.1 Å². The van der Waals surface area contributed by atoms with Crippen molar-refractivity contribution in [3.63, 3.8) is 0 Å². The Morgan fingerprint density at radius 3 is 2.18 bits per heavy atom. The number of carbonyl (C=O) groups is 3. The van der Waals surface area contributed by atoms with Crippen molar-refractivity contribution in [2.24, 2.45) is 5.41 Å². The van der Waals surface area contributed by atoms with Crippen molar-refractivity contribution in [3.8, 4) is 11.5 Å². The van der Waals surface area contributed by atoms with Gasteiger partial charge in [-0.25, -0.2) is 13.6 Å². The second-order valence-corrected chi connectivity index (χ2v) is 9.57. The minimum atomic E-state index is -1.07. The first-order chi connectivity index (χ1) is 18.2. The van der Waals surface area contributed by atoms with E-state index in [1.165, 1.54) is 48.7 Å². The molecule has 192 valence electrons. The summed E-state index contributed by atoms with van der Waals surface area (Å²) in [4.78, 5) is 41.5. The van der Waals surface area contributed by atoms with Gasteiger partial charge in [0.05, 0.1) is 16.5 Å². The van der Waals surface area contributed by atoms with Gasteiger partial charge in [0.1, 0.15) is 11.6 Å². The van der Waals surface area contributed by atoms with Gasteiger partial charge in [0.15, 0.2) is 23.1 Å². The molecule has 0 amide bonds. The molecule has 5 rings (SSSR count). The number of carboxylic acid groups (broad SMARTS) is 1. The van der Waals surface area contributed by atoms with Crippen LogP contribution in [0, 0.1) is 24.0 Å². The van der Waals surface area contributed by atoms with Crippen LogP contribution in [0.1, 0.15) is 39.9 Å². The van der Waals surface area contributed by atoms with Gasteiger partial charge in [0.25, 0.3) is 0 Å². The lowest BCUT2D eigenvalue weighted by molar-refractivity contribution is -0.133. The number of nitrogens with zero attached hydrogens (tertiary/aromatic N) is 1. The van der Waals surface area contributed by atoms with E-state index < -0.39 is 23.0 Å². The summed E-state index contributed by atoms with van der Waals surface area (Å²) in [7, 11) is 0. The quantitative estimate of drug-likeness (QED) is 0.274. The summed E-state index contributed by atoms with van der Waals surface area (Å²) < 4.78 is 34.0. The summed E-state index contributed by atoms with van der Waals surface area (Å²) in [5.41, 5.74) is 1.02. The van der Waals surface area contributed by atoms with E-state index in [4.69, 9.17) is 4.74 Å². The molecule has 1 aliphatic carbocycles. The first-order valence-corrected chi connectivity index (χ1v) is 12.1. The fraction of sp³-hybridized carbons (Fsp3) is 0.200. The number of carbonyl (C=O) groups excluding carboxylic acids is 2. The van der Waals surface area contributed by atoms with Crippen LogP contribution in [0.3, 0.4) is 0 Å². The Bertz CT molecular complexity index is 1590. The van der Waals surface area contributed by atoms with E-state index in [2.05, 4.69) is 4.98 Å². The molecule has 0 bridgehead atoms. The molecule has 1 fully saturated rings. The number of halogens is 2. The highest BCUT2D eigenvalue weighted by molar-refractivity contribution is 6.11. The Labute approximate surface area is 216 Å². The minimum absolute atomic E-state index is 0.0421. The normalized spacial score (nSPS) is 13.8. The van der Waals surface area contributed by atoms with Crippen LogP contribution >= 0.6 is 0 Å². The van der Waals surface area contributed by atoms with Crippen LogP contribution in [0.5, 0.6) is 11.5 Å². The van der Waals surface area contributed by atoms with Crippen molar-refractivity contribution in [2.75, 3.05) is 0 Å². The zero-order valence-corrected chi connectivity index (χ0v) is 20.5. The Hall–Kier alpha value is -4.46. The fourth-order valence-corrected chi connectivity index (χ4v) is 4.60. The highest BCUT2D eigenvalue weighted by Gasteiger charge is 2.54. The number of fused-ring (bicyclic) bond motifs is 1. The Kier molecular flexibility index (Phi) is 6.48. The monoisotopic (exact) mass is 515 g/mol. The standard InChI is InChI=1S/C30H23F2NO5/c1-17-12-22-24(16-21(17)29(36)37)33-11-8-25(22)38-26-7-4-19(13-23(26)32)15-28(35)30(9-10-30)27(34)14-18-2-5-20(31)6-3-18/h2-8,11-13,16H,9-10,14-15H2,1H3,(H,36,37). The fourth-order valence-electron chi connectivity index (χ4n) is 4.60. The summed E-state index contributed by atoms with van der Waals surface area (Å²) in [5, 5.41) is 9.88. The number of aromatic nitrogens is 1. The number of pyridine rings is 1. The molecule has 0 radical (unpaired) electrons. The van der Waals surface area contributed by atoms with Crippen LogP contribution in [0.4, 0.5) is 8.78 Å². The Morgan fingerprint density at radius 2 is 1.55 bits per heavy atom. The molecular formula is C30H23F2NO5. The van der Waals surface area contributed by atoms with Gasteiger partial charge in [-0.1, -0.05) is 18.2 Å². The number of rotatable bonds is 9. The molecule has 1 aliphatic rings. The van der Waals surface area contributed by atoms with Crippen molar-refractivity contribution < 1.29 is 33.0 Å².